The Morgan fingerprint density at radius 2 is 2.10 bits per heavy atom. The van der Waals surface area contributed by atoms with Crippen LogP contribution in [0.15, 0.2) is 36.4 Å². The zero-order valence-corrected chi connectivity index (χ0v) is 11.7. The number of anilines is 1. The van der Waals surface area contributed by atoms with Crippen LogP contribution in [0, 0.1) is 22.9 Å². The highest BCUT2D eigenvalue weighted by molar-refractivity contribution is 5.53. The van der Waals surface area contributed by atoms with E-state index < -0.39 is 4.92 Å². The molecule has 110 valence electrons. The third-order valence-corrected chi connectivity index (χ3v) is 3.09. The van der Waals surface area contributed by atoms with Crippen molar-refractivity contribution >= 4 is 11.4 Å². The van der Waals surface area contributed by atoms with Crippen molar-refractivity contribution in [2.24, 2.45) is 0 Å². The van der Waals surface area contributed by atoms with Gasteiger partial charge in [-0.25, -0.2) is 4.39 Å². The maximum atomic E-state index is 13.7. The molecule has 0 aliphatic rings. The number of hydrogen-bond acceptors (Lipinski definition) is 4. The van der Waals surface area contributed by atoms with E-state index in [1.807, 2.05) is 0 Å². The maximum absolute atomic E-state index is 13.7. The minimum atomic E-state index is -0.486. The maximum Gasteiger partial charge on any atom is 0.273 e. The Balaban J connectivity index is 2.23. The van der Waals surface area contributed by atoms with Gasteiger partial charge in [0.15, 0.2) is 0 Å². The standard InChI is InChI=1S/C15H15FN2O3/c1-10-4-3-5-14(16)15(10)17-9-11-6-12(18(19)20)8-13(7-11)21-2/h3-8,17H,9H2,1-2H3. The van der Waals surface area contributed by atoms with Crippen LogP contribution in [0.25, 0.3) is 0 Å². The topological polar surface area (TPSA) is 64.4 Å². The van der Waals surface area contributed by atoms with Gasteiger partial charge in [-0.15, -0.1) is 0 Å². The first-order chi connectivity index (χ1) is 10.0. The summed E-state index contributed by atoms with van der Waals surface area (Å²) in [6.07, 6.45) is 0. The number of nitro groups is 1. The summed E-state index contributed by atoms with van der Waals surface area (Å²) in [4.78, 5) is 10.4. The van der Waals surface area contributed by atoms with E-state index in [4.69, 9.17) is 4.74 Å². The molecule has 0 aliphatic heterocycles. The molecule has 2 rings (SSSR count). The Bertz CT molecular complexity index is 654. The van der Waals surface area contributed by atoms with Gasteiger partial charge in [-0.3, -0.25) is 10.1 Å². The summed E-state index contributed by atoms with van der Waals surface area (Å²) in [5.41, 5.74) is 1.75. The average molecular weight is 290 g/mol. The Labute approximate surface area is 121 Å². The smallest absolute Gasteiger partial charge is 0.273 e. The van der Waals surface area contributed by atoms with Crippen molar-refractivity contribution in [1.29, 1.82) is 0 Å². The molecule has 21 heavy (non-hydrogen) atoms. The van der Waals surface area contributed by atoms with Crippen molar-refractivity contribution in [1.82, 2.24) is 0 Å². The first kappa shape index (κ1) is 14.8. The van der Waals surface area contributed by atoms with Gasteiger partial charge in [0.1, 0.15) is 11.6 Å². The molecule has 2 aromatic rings. The van der Waals surface area contributed by atoms with E-state index in [1.165, 1.54) is 25.3 Å². The molecule has 0 saturated heterocycles. The number of nitrogens with zero attached hydrogens (tertiary/aromatic N) is 1. The number of methoxy groups -OCH3 is 1. The minimum absolute atomic E-state index is 0.0589. The first-order valence-corrected chi connectivity index (χ1v) is 6.32. The summed E-state index contributed by atoms with van der Waals surface area (Å²) < 4.78 is 18.7. The SMILES string of the molecule is COc1cc(CNc2c(C)cccc2F)cc([N+](=O)[O-])c1. The van der Waals surface area contributed by atoms with Crippen LogP contribution in [-0.4, -0.2) is 12.0 Å². The highest BCUT2D eigenvalue weighted by atomic mass is 19.1. The molecule has 0 unspecified atom stereocenters. The number of ether oxygens (including phenoxy) is 1. The van der Waals surface area contributed by atoms with Crippen molar-refractivity contribution in [2.75, 3.05) is 12.4 Å². The van der Waals surface area contributed by atoms with Crippen LogP contribution in [0.1, 0.15) is 11.1 Å². The number of nitro benzene ring substituents is 1. The predicted molar refractivity (Wildman–Crippen MR) is 78.1 cm³/mol. The second-order valence-corrected chi connectivity index (χ2v) is 4.58. The fourth-order valence-corrected chi connectivity index (χ4v) is 2.02. The number of non-ortho nitro benzene ring substituents is 1. The van der Waals surface area contributed by atoms with Gasteiger partial charge in [0.2, 0.25) is 0 Å². The van der Waals surface area contributed by atoms with Crippen molar-refractivity contribution in [2.45, 2.75) is 13.5 Å². The van der Waals surface area contributed by atoms with Gasteiger partial charge in [-0.05, 0) is 30.2 Å². The van der Waals surface area contributed by atoms with Crippen LogP contribution in [0.5, 0.6) is 5.75 Å². The predicted octanol–water partition coefficient (Wildman–Crippen LogP) is 3.66. The van der Waals surface area contributed by atoms with Crippen LogP contribution in [-0.2, 0) is 6.54 Å². The summed E-state index contributed by atoms with van der Waals surface area (Å²) in [5, 5.41) is 13.8. The van der Waals surface area contributed by atoms with E-state index in [2.05, 4.69) is 5.32 Å². The second kappa shape index (κ2) is 6.21. The highest BCUT2D eigenvalue weighted by Crippen LogP contribution is 2.24. The number of halogens is 1. The number of rotatable bonds is 5. The molecule has 0 spiro atoms. The van der Waals surface area contributed by atoms with Crippen LogP contribution in [0.4, 0.5) is 15.8 Å². The fourth-order valence-electron chi connectivity index (χ4n) is 2.02. The lowest BCUT2D eigenvalue weighted by Crippen LogP contribution is -2.04. The Morgan fingerprint density at radius 1 is 1.33 bits per heavy atom. The van der Waals surface area contributed by atoms with Crippen molar-refractivity contribution in [3.05, 3.63) is 63.5 Å². The minimum Gasteiger partial charge on any atom is -0.496 e. The Hall–Kier alpha value is -2.63. The highest BCUT2D eigenvalue weighted by Gasteiger charge is 2.11. The van der Waals surface area contributed by atoms with Crippen LogP contribution >= 0.6 is 0 Å². The molecule has 0 fully saturated rings. The molecule has 0 atom stereocenters. The van der Waals surface area contributed by atoms with Gasteiger partial charge in [0, 0.05) is 12.6 Å². The fraction of sp³-hybridized carbons (Fsp3) is 0.200. The van der Waals surface area contributed by atoms with E-state index in [0.717, 1.165) is 5.56 Å². The molecular weight excluding hydrogens is 275 g/mol. The third-order valence-electron chi connectivity index (χ3n) is 3.09. The average Bonchev–Trinajstić information content (AvgIpc) is 2.46. The quantitative estimate of drug-likeness (QED) is 0.674. The molecule has 0 bridgehead atoms. The lowest BCUT2D eigenvalue weighted by atomic mass is 10.1. The molecule has 0 saturated carbocycles. The molecule has 0 aliphatic carbocycles. The molecule has 5 nitrogen and oxygen atoms in total. The summed E-state index contributed by atoms with van der Waals surface area (Å²) in [5.74, 6) is 0.0404. The van der Waals surface area contributed by atoms with E-state index in [9.17, 15) is 14.5 Å². The van der Waals surface area contributed by atoms with Gasteiger partial charge < -0.3 is 10.1 Å². The van der Waals surface area contributed by atoms with Gasteiger partial charge in [-0.2, -0.15) is 0 Å². The molecular formula is C15H15FN2O3. The van der Waals surface area contributed by atoms with E-state index in [0.29, 0.717) is 17.0 Å². The molecule has 6 heteroatoms. The molecule has 0 radical (unpaired) electrons. The van der Waals surface area contributed by atoms with Crippen LogP contribution in [0.2, 0.25) is 0 Å². The summed E-state index contributed by atoms with van der Waals surface area (Å²) in [6.45, 7) is 2.05. The van der Waals surface area contributed by atoms with E-state index in [1.54, 1.807) is 25.1 Å². The molecule has 0 aromatic heterocycles. The van der Waals surface area contributed by atoms with Gasteiger partial charge >= 0.3 is 0 Å². The first-order valence-electron chi connectivity index (χ1n) is 6.32. The normalized spacial score (nSPS) is 10.2. The number of para-hydroxylation sites is 1. The lowest BCUT2D eigenvalue weighted by molar-refractivity contribution is -0.385. The van der Waals surface area contributed by atoms with Gasteiger partial charge in [0.25, 0.3) is 5.69 Å². The number of hydrogen-bond donors (Lipinski definition) is 1. The van der Waals surface area contributed by atoms with E-state index in [-0.39, 0.29) is 18.0 Å². The number of aryl methyl sites for hydroxylation is 1. The molecule has 0 amide bonds. The zero-order chi connectivity index (χ0) is 15.4. The van der Waals surface area contributed by atoms with E-state index >= 15 is 0 Å². The van der Waals surface area contributed by atoms with Gasteiger partial charge in [0.05, 0.1) is 23.8 Å². The Morgan fingerprint density at radius 3 is 2.71 bits per heavy atom. The number of nitrogens with one attached hydrogen (secondary N) is 1. The van der Waals surface area contributed by atoms with Gasteiger partial charge in [-0.1, -0.05) is 12.1 Å². The Kier molecular flexibility index (Phi) is 4.37. The van der Waals surface area contributed by atoms with Crippen LogP contribution < -0.4 is 10.1 Å². The second-order valence-electron chi connectivity index (χ2n) is 4.58. The molecule has 2 aromatic carbocycles. The summed E-state index contributed by atoms with van der Waals surface area (Å²) in [7, 11) is 1.44. The zero-order valence-electron chi connectivity index (χ0n) is 11.7. The molecule has 0 heterocycles. The summed E-state index contributed by atoms with van der Waals surface area (Å²) >= 11 is 0. The van der Waals surface area contributed by atoms with Crippen molar-refractivity contribution in [3.63, 3.8) is 0 Å². The van der Waals surface area contributed by atoms with Crippen molar-refractivity contribution < 1.29 is 14.1 Å². The van der Waals surface area contributed by atoms with Crippen molar-refractivity contribution in [3.8, 4) is 5.75 Å². The third kappa shape index (κ3) is 3.47. The summed E-state index contributed by atoms with van der Waals surface area (Å²) in [6, 6.07) is 9.24. The lowest BCUT2D eigenvalue weighted by Gasteiger charge is -2.11. The number of benzene rings is 2. The monoisotopic (exact) mass is 290 g/mol. The van der Waals surface area contributed by atoms with Crippen LogP contribution in [0.3, 0.4) is 0 Å². The molecule has 1 N–H and O–H groups in total. The largest absolute Gasteiger partial charge is 0.496 e.